The number of aromatic nitrogens is 3. The molecule has 0 atom stereocenters. The van der Waals surface area contributed by atoms with Crippen molar-refractivity contribution in [1.29, 1.82) is 0 Å². The number of nitrogens with zero attached hydrogens (tertiary/aromatic N) is 3. The highest BCUT2D eigenvalue weighted by Gasteiger charge is 2.48. The molecule has 4 fully saturated rings. The van der Waals surface area contributed by atoms with Gasteiger partial charge in [0.05, 0.1) is 6.20 Å². The van der Waals surface area contributed by atoms with Crippen LogP contribution in [0.2, 0.25) is 0 Å². The molecule has 4 aliphatic carbocycles. The summed E-state index contributed by atoms with van der Waals surface area (Å²) in [7, 11) is 3.90. The zero-order valence-electron chi connectivity index (χ0n) is 17.8. The highest BCUT2D eigenvalue weighted by Crippen LogP contribution is 2.53. The van der Waals surface area contributed by atoms with Gasteiger partial charge in [-0.05, 0) is 75.0 Å². The average molecular weight is 410 g/mol. The third-order valence-corrected chi connectivity index (χ3v) is 7.39. The van der Waals surface area contributed by atoms with Gasteiger partial charge in [-0.3, -0.25) is 19.2 Å². The number of pyridine rings is 1. The second kappa shape index (κ2) is 7.69. The predicted molar refractivity (Wildman–Crippen MR) is 114 cm³/mol. The van der Waals surface area contributed by atoms with Crippen molar-refractivity contribution in [2.45, 2.75) is 51.2 Å². The van der Waals surface area contributed by atoms with Gasteiger partial charge in [-0.1, -0.05) is 0 Å². The Morgan fingerprint density at radius 1 is 1.17 bits per heavy atom. The van der Waals surface area contributed by atoms with Crippen LogP contribution in [-0.4, -0.2) is 38.7 Å². The molecule has 2 heterocycles. The van der Waals surface area contributed by atoms with Crippen LogP contribution < -0.4 is 10.9 Å². The van der Waals surface area contributed by atoms with E-state index >= 15 is 0 Å². The van der Waals surface area contributed by atoms with Crippen molar-refractivity contribution in [1.82, 2.24) is 25.0 Å². The lowest BCUT2D eigenvalue weighted by Gasteiger charge is -2.54. The number of carbonyl (C=O) groups excluding carboxylic acids is 1. The quantitative estimate of drug-likeness (QED) is 0.767. The number of nitrogens with one attached hydrogen (secondary N) is 2. The molecule has 0 radical (unpaired) electrons. The lowest BCUT2D eigenvalue weighted by Crippen LogP contribution is -2.56. The summed E-state index contributed by atoms with van der Waals surface area (Å²) in [4.78, 5) is 30.5. The molecule has 0 aliphatic heterocycles. The van der Waals surface area contributed by atoms with Gasteiger partial charge >= 0.3 is 0 Å². The molecule has 2 N–H and O–H groups in total. The van der Waals surface area contributed by atoms with Crippen LogP contribution in [0.15, 0.2) is 29.3 Å². The molecule has 7 nitrogen and oxygen atoms in total. The summed E-state index contributed by atoms with van der Waals surface area (Å²) in [6.45, 7) is 1.34. The molecule has 4 bridgehead atoms. The molecule has 7 heteroatoms. The number of hydrogen-bond acceptors (Lipinski definition) is 4. The molecule has 30 heavy (non-hydrogen) atoms. The molecule has 2 aromatic rings. The summed E-state index contributed by atoms with van der Waals surface area (Å²) < 4.78 is 1.78. The first-order valence-electron chi connectivity index (χ1n) is 11.1. The van der Waals surface area contributed by atoms with Crippen LogP contribution in [0.4, 0.5) is 0 Å². The number of amides is 1. The van der Waals surface area contributed by atoms with Gasteiger partial charge in [0.1, 0.15) is 5.56 Å². The minimum Gasteiger partial charge on any atom is -0.349 e. The summed E-state index contributed by atoms with van der Waals surface area (Å²) in [6.07, 6.45) is 10.2. The first-order valence-corrected chi connectivity index (χ1v) is 11.1. The number of hydrogen-bond donors (Lipinski definition) is 2. The van der Waals surface area contributed by atoms with E-state index in [0.717, 1.165) is 29.6 Å². The summed E-state index contributed by atoms with van der Waals surface area (Å²) in [5.41, 5.74) is 1.85. The number of H-pyrrole nitrogens is 1. The zero-order valence-corrected chi connectivity index (χ0v) is 17.8. The third kappa shape index (κ3) is 3.83. The molecule has 0 spiro atoms. The largest absolute Gasteiger partial charge is 0.349 e. The Balaban J connectivity index is 1.22. The minimum absolute atomic E-state index is 0.219. The summed E-state index contributed by atoms with van der Waals surface area (Å²) in [5.74, 6) is 2.72. The Morgan fingerprint density at radius 2 is 1.87 bits per heavy atom. The van der Waals surface area contributed by atoms with Crippen molar-refractivity contribution in [3.05, 3.63) is 51.7 Å². The summed E-state index contributed by atoms with van der Waals surface area (Å²) in [5, 5.41) is 7.42. The molecule has 0 aromatic carbocycles. The predicted octanol–water partition coefficient (Wildman–Crippen LogP) is 2.29. The van der Waals surface area contributed by atoms with Crippen molar-refractivity contribution in [3.63, 3.8) is 0 Å². The molecule has 2 aromatic heterocycles. The maximum Gasteiger partial charge on any atom is 0.261 e. The SMILES string of the molecule is CN(Cc1cnn(C)c1)Cc1ccc(C(=O)NC2C3CC4CC(C3)CC2C4)c(=O)[nH]1. The smallest absolute Gasteiger partial charge is 0.261 e. The van der Waals surface area contributed by atoms with Crippen LogP contribution >= 0.6 is 0 Å². The maximum absolute atomic E-state index is 12.9. The van der Waals surface area contributed by atoms with Gasteiger partial charge in [0, 0.05) is 43.6 Å². The Kier molecular flexibility index (Phi) is 5.01. The summed E-state index contributed by atoms with van der Waals surface area (Å²) in [6, 6.07) is 3.78. The molecule has 1 amide bonds. The van der Waals surface area contributed by atoms with Crippen LogP contribution in [-0.2, 0) is 20.1 Å². The molecule has 6 rings (SSSR count). The highest BCUT2D eigenvalue weighted by atomic mass is 16.2. The van der Waals surface area contributed by atoms with Gasteiger partial charge in [-0.2, -0.15) is 5.10 Å². The maximum atomic E-state index is 12.9. The topological polar surface area (TPSA) is 83.0 Å². The fourth-order valence-electron chi connectivity index (χ4n) is 6.39. The van der Waals surface area contributed by atoms with Gasteiger partial charge in [-0.25, -0.2) is 0 Å². The van der Waals surface area contributed by atoms with Crippen molar-refractivity contribution in [2.75, 3.05) is 7.05 Å². The van der Waals surface area contributed by atoms with Crippen LogP contribution in [0.3, 0.4) is 0 Å². The van der Waals surface area contributed by atoms with Crippen molar-refractivity contribution < 1.29 is 4.79 Å². The number of aromatic amines is 1. The van der Waals surface area contributed by atoms with E-state index < -0.39 is 0 Å². The molecular weight excluding hydrogens is 378 g/mol. The zero-order chi connectivity index (χ0) is 20.8. The highest BCUT2D eigenvalue weighted by molar-refractivity contribution is 5.94. The van der Waals surface area contributed by atoms with E-state index in [-0.39, 0.29) is 23.1 Å². The van der Waals surface area contributed by atoms with Crippen LogP contribution in [0.25, 0.3) is 0 Å². The van der Waals surface area contributed by atoms with Crippen LogP contribution in [0.1, 0.15) is 53.7 Å². The van der Waals surface area contributed by atoms with E-state index in [0.29, 0.717) is 18.4 Å². The lowest BCUT2D eigenvalue weighted by molar-refractivity contribution is -0.0119. The molecule has 0 saturated heterocycles. The van der Waals surface area contributed by atoms with Crippen LogP contribution in [0, 0.1) is 23.7 Å². The first-order chi connectivity index (χ1) is 14.4. The third-order valence-electron chi connectivity index (χ3n) is 7.39. The molecular formula is C23H31N5O2. The monoisotopic (exact) mass is 409 g/mol. The number of aryl methyl sites for hydroxylation is 1. The summed E-state index contributed by atoms with van der Waals surface area (Å²) >= 11 is 0. The van der Waals surface area contributed by atoms with E-state index in [1.807, 2.05) is 32.6 Å². The number of carbonyl (C=O) groups is 1. The normalized spacial score (nSPS) is 29.5. The molecule has 4 saturated carbocycles. The van der Waals surface area contributed by atoms with Gasteiger partial charge in [0.15, 0.2) is 0 Å². The van der Waals surface area contributed by atoms with Crippen molar-refractivity contribution >= 4 is 5.91 Å². The Bertz CT molecular complexity index is 965. The van der Waals surface area contributed by atoms with Crippen molar-refractivity contribution in [3.8, 4) is 0 Å². The second-order valence-electron chi connectivity index (χ2n) is 9.85. The van der Waals surface area contributed by atoms with E-state index in [1.54, 1.807) is 10.7 Å². The van der Waals surface area contributed by atoms with Gasteiger partial charge in [-0.15, -0.1) is 0 Å². The van der Waals surface area contributed by atoms with Crippen LogP contribution in [0.5, 0.6) is 0 Å². The van der Waals surface area contributed by atoms with Gasteiger partial charge in [0.2, 0.25) is 0 Å². The van der Waals surface area contributed by atoms with E-state index in [4.69, 9.17) is 0 Å². The number of rotatable bonds is 6. The Labute approximate surface area is 176 Å². The van der Waals surface area contributed by atoms with E-state index in [1.165, 1.54) is 32.1 Å². The Morgan fingerprint density at radius 3 is 2.47 bits per heavy atom. The minimum atomic E-state index is -0.302. The average Bonchev–Trinajstić information content (AvgIpc) is 3.08. The molecule has 4 aliphatic rings. The van der Waals surface area contributed by atoms with E-state index in [9.17, 15) is 9.59 Å². The molecule has 160 valence electrons. The fraction of sp³-hybridized carbons (Fsp3) is 0.609. The van der Waals surface area contributed by atoms with Gasteiger partial charge < -0.3 is 10.3 Å². The van der Waals surface area contributed by atoms with Crippen molar-refractivity contribution in [2.24, 2.45) is 30.7 Å². The fourth-order valence-corrected chi connectivity index (χ4v) is 6.39. The lowest BCUT2D eigenvalue weighted by atomic mass is 9.54. The van der Waals surface area contributed by atoms with Gasteiger partial charge in [0.25, 0.3) is 11.5 Å². The second-order valence-corrected chi connectivity index (χ2v) is 9.85. The molecule has 0 unspecified atom stereocenters. The Hall–Kier alpha value is -2.41. The first kappa shape index (κ1) is 19.5. The standard InChI is InChI=1S/C23H31N5O2/c1-27(11-16-10-24-28(2)12-16)13-19-3-4-20(22(29)25-19)23(30)26-21-17-6-14-5-15(8-17)9-18(21)7-14/h3-4,10,12,14-15,17-18,21H,5-9,11,13H2,1-2H3,(H,25,29)(H,26,30). The van der Waals surface area contributed by atoms with E-state index in [2.05, 4.69) is 20.3 Å².